The molecule has 3 rings (SSSR count). The smallest absolute Gasteiger partial charge is 0.341 e. The zero-order chi connectivity index (χ0) is 23.1. The topological polar surface area (TPSA) is 93.7 Å². The van der Waals surface area contributed by atoms with Gasteiger partial charge in [-0.25, -0.2) is 4.79 Å². The van der Waals surface area contributed by atoms with E-state index in [-0.39, 0.29) is 29.7 Å². The van der Waals surface area contributed by atoms with Crippen molar-refractivity contribution in [3.05, 3.63) is 76.2 Å². The molecule has 0 atom stereocenters. The molecule has 0 saturated heterocycles. The number of carbonyl (C=O) groups excluding carboxylic acids is 3. The number of esters is 1. The van der Waals surface area contributed by atoms with E-state index in [9.17, 15) is 14.4 Å². The van der Waals surface area contributed by atoms with Crippen LogP contribution in [0.4, 0.5) is 10.7 Å². The molecule has 0 aliphatic rings. The molecule has 2 N–H and O–H groups in total. The van der Waals surface area contributed by atoms with Crippen LogP contribution >= 0.6 is 11.3 Å². The lowest BCUT2D eigenvalue weighted by atomic mass is 10.1. The fourth-order valence-electron chi connectivity index (χ4n) is 3.01. The summed E-state index contributed by atoms with van der Waals surface area (Å²) in [5.41, 5.74) is 2.25. The molecule has 0 aliphatic carbocycles. The van der Waals surface area contributed by atoms with Crippen LogP contribution in [0.1, 0.15) is 38.1 Å². The number of benzene rings is 2. The Balaban J connectivity index is 1.81. The second kappa shape index (κ2) is 10.6. The third kappa shape index (κ3) is 5.73. The van der Waals surface area contributed by atoms with Crippen LogP contribution in [-0.2, 0) is 9.53 Å². The van der Waals surface area contributed by atoms with Crippen molar-refractivity contribution >= 4 is 39.8 Å². The second-order valence-electron chi connectivity index (χ2n) is 6.95. The van der Waals surface area contributed by atoms with Gasteiger partial charge in [-0.1, -0.05) is 30.3 Å². The first-order chi connectivity index (χ1) is 15.4. The number of nitrogens with one attached hydrogen (secondary N) is 2. The Hall–Kier alpha value is -3.65. The van der Waals surface area contributed by atoms with Gasteiger partial charge in [0.1, 0.15) is 10.8 Å². The highest BCUT2D eigenvalue weighted by molar-refractivity contribution is 7.18. The van der Waals surface area contributed by atoms with Crippen LogP contribution in [0.25, 0.3) is 0 Å². The molecular formula is C24H24N2O5S. The van der Waals surface area contributed by atoms with E-state index in [0.29, 0.717) is 21.9 Å². The van der Waals surface area contributed by atoms with Gasteiger partial charge in [-0.2, -0.15) is 0 Å². The number of amides is 2. The number of hydrogen-bond donors (Lipinski definition) is 2. The van der Waals surface area contributed by atoms with E-state index in [1.165, 1.54) is 0 Å². The van der Waals surface area contributed by atoms with Crippen LogP contribution in [0.3, 0.4) is 0 Å². The fourth-order valence-corrected chi connectivity index (χ4v) is 4.11. The number of rotatable bonds is 8. The Morgan fingerprint density at radius 1 is 0.969 bits per heavy atom. The first-order valence-electron chi connectivity index (χ1n) is 10.0. The average Bonchev–Trinajstić information content (AvgIpc) is 3.09. The minimum atomic E-state index is -0.602. The zero-order valence-electron chi connectivity index (χ0n) is 18.1. The fraction of sp³-hybridized carbons (Fsp3) is 0.208. The van der Waals surface area contributed by atoms with E-state index in [1.54, 1.807) is 44.2 Å². The van der Waals surface area contributed by atoms with E-state index in [4.69, 9.17) is 9.47 Å². The van der Waals surface area contributed by atoms with Crippen molar-refractivity contribution < 1.29 is 23.9 Å². The molecule has 7 nitrogen and oxygen atoms in total. The number of thiophene rings is 1. The lowest BCUT2D eigenvalue weighted by Crippen LogP contribution is -2.21. The van der Waals surface area contributed by atoms with Crippen LogP contribution in [-0.4, -0.2) is 31.0 Å². The number of ether oxygens (including phenoxy) is 2. The lowest BCUT2D eigenvalue weighted by Gasteiger charge is -2.08. The largest absolute Gasteiger partial charge is 0.484 e. The molecule has 166 valence electrons. The third-order valence-electron chi connectivity index (χ3n) is 4.47. The van der Waals surface area contributed by atoms with E-state index in [1.807, 2.05) is 31.2 Å². The van der Waals surface area contributed by atoms with E-state index in [0.717, 1.165) is 16.9 Å². The van der Waals surface area contributed by atoms with Gasteiger partial charge in [-0.3, -0.25) is 9.59 Å². The van der Waals surface area contributed by atoms with Gasteiger partial charge in [-0.15, -0.1) is 11.3 Å². The van der Waals surface area contributed by atoms with E-state index in [2.05, 4.69) is 10.6 Å². The summed E-state index contributed by atoms with van der Waals surface area (Å²) in [5.74, 6) is -0.875. The van der Waals surface area contributed by atoms with Crippen LogP contribution < -0.4 is 15.4 Å². The molecule has 0 saturated carbocycles. The Morgan fingerprint density at radius 2 is 1.72 bits per heavy atom. The highest BCUT2D eigenvalue weighted by atomic mass is 32.1. The summed E-state index contributed by atoms with van der Waals surface area (Å²) < 4.78 is 10.6. The van der Waals surface area contributed by atoms with Gasteiger partial charge >= 0.3 is 5.97 Å². The normalized spacial score (nSPS) is 10.3. The average molecular weight is 453 g/mol. The SMILES string of the molecule is CCOC(=O)c1c(NC(=O)COc2ccccc2)sc(C(=O)Nc2cccc(C)c2)c1C. The molecule has 2 amide bonds. The zero-order valence-corrected chi connectivity index (χ0v) is 18.9. The molecule has 0 bridgehead atoms. The van der Waals surface area contributed by atoms with Crippen molar-refractivity contribution in [2.45, 2.75) is 20.8 Å². The maximum absolute atomic E-state index is 12.9. The lowest BCUT2D eigenvalue weighted by molar-refractivity contribution is -0.118. The van der Waals surface area contributed by atoms with Gasteiger partial charge in [0.2, 0.25) is 0 Å². The molecule has 0 spiro atoms. The summed E-state index contributed by atoms with van der Waals surface area (Å²) in [7, 11) is 0. The Bertz CT molecular complexity index is 1120. The third-order valence-corrected chi connectivity index (χ3v) is 5.68. The van der Waals surface area contributed by atoms with E-state index < -0.39 is 11.9 Å². The second-order valence-corrected chi connectivity index (χ2v) is 7.97. The quantitative estimate of drug-likeness (QED) is 0.478. The van der Waals surface area contributed by atoms with Crippen LogP contribution in [0.5, 0.6) is 5.75 Å². The predicted molar refractivity (Wildman–Crippen MR) is 125 cm³/mol. The van der Waals surface area contributed by atoms with Gasteiger partial charge in [-0.05, 0) is 56.2 Å². The predicted octanol–water partition coefficient (Wildman–Crippen LogP) is 4.81. The minimum absolute atomic E-state index is 0.166. The number of aryl methyl sites for hydroxylation is 1. The van der Waals surface area contributed by atoms with Crippen LogP contribution in [0.15, 0.2) is 54.6 Å². The van der Waals surface area contributed by atoms with Gasteiger partial charge in [0.05, 0.1) is 17.0 Å². The number of anilines is 2. The standard InChI is InChI=1S/C24H24N2O5S/c1-4-30-24(29)20-16(3)21(22(28)25-17-10-8-9-15(2)13-17)32-23(20)26-19(27)14-31-18-11-6-5-7-12-18/h5-13H,4,14H2,1-3H3,(H,25,28)(H,26,27). The van der Waals surface area contributed by atoms with Crippen molar-refractivity contribution in [1.82, 2.24) is 0 Å². The Labute approximate surface area is 190 Å². The number of para-hydroxylation sites is 1. The van der Waals surface area contributed by atoms with Crippen LogP contribution in [0, 0.1) is 13.8 Å². The summed E-state index contributed by atoms with van der Waals surface area (Å²) in [6.07, 6.45) is 0. The first-order valence-corrected chi connectivity index (χ1v) is 10.9. The van der Waals surface area contributed by atoms with Crippen molar-refractivity contribution in [3.63, 3.8) is 0 Å². The van der Waals surface area contributed by atoms with E-state index >= 15 is 0 Å². The molecular weight excluding hydrogens is 428 g/mol. The van der Waals surface area contributed by atoms with Crippen molar-refractivity contribution in [1.29, 1.82) is 0 Å². The minimum Gasteiger partial charge on any atom is -0.484 e. The molecule has 1 heterocycles. The molecule has 0 radical (unpaired) electrons. The highest BCUT2D eigenvalue weighted by Crippen LogP contribution is 2.34. The van der Waals surface area contributed by atoms with Gasteiger partial charge in [0.25, 0.3) is 11.8 Å². The highest BCUT2D eigenvalue weighted by Gasteiger charge is 2.26. The Kier molecular flexibility index (Phi) is 7.62. The summed E-state index contributed by atoms with van der Waals surface area (Å²) in [5, 5.41) is 5.76. The molecule has 3 aromatic rings. The summed E-state index contributed by atoms with van der Waals surface area (Å²) in [4.78, 5) is 38.2. The van der Waals surface area contributed by atoms with Gasteiger partial charge in [0, 0.05) is 5.69 Å². The summed E-state index contributed by atoms with van der Waals surface area (Å²) in [6, 6.07) is 16.3. The van der Waals surface area contributed by atoms with Gasteiger partial charge in [0.15, 0.2) is 6.61 Å². The molecule has 1 aromatic heterocycles. The molecule has 0 unspecified atom stereocenters. The molecule has 8 heteroatoms. The van der Waals surface area contributed by atoms with Crippen molar-refractivity contribution in [3.8, 4) is 5.75 Å². The van der Waals surface area contributed by atoms with Crippen LogP contribution in [0.2, 0.25) is 0 Å². The summed E-state index contributed by atoms with van der Waals surface area (Å²) >= 11 is 1.02. The molecule has 0 aliphatic heterocycles. The summed E-state index contributed by atoms with van der Waals surface area (Å²) in [6.45, 7) is 5.20. The number of hydrogen-bond acceptors (Lipinski definition) is 6. The molecule has 2 aromatic carbocycles. The maximum Gasteiger partial charge on any atom is 0.341 e. The van der Waals surface area contributed by atoms with Crippen molar-refractivity contribution in [2.24, 2.45) is 0 Å². The van der Waals surface area contributed by atoms with Crippen molar-refractivity contribution in [2.75, 3.05) is 23.8 Å². The monoisotopic (exact) mass is 452 g/mol. The number of carbonyl (C=O) groups is 3. The maximum atomic E-state index is 12.9. The Morgan fingerprint density at radius 3 is 2.41 bits per heavy atom. The van der Waals surface area contributed by atoms with Gasteiger partial charge < -0.3 is 20.1 Å². The molecule has 32 heavy (non-hydrogen) atoms. The molecule has 0 fully saturated rings. The first kappa shape index (κ1) is 23.0.